The fourth-order valence-corrected chi connectivity index (χ4v) is 2.93. The second-order valence-electron chi connectivity index (χ2n) is 6.30. The van der Waals surface area contributed by atoms with Gasteiger partial charge >= 0.3 is 0 Å². The predicted octanol–water partition coefficient (Wildman–Crippen LogP) is 2.74. The zero-order valence-corrected chi connectivity index (χ0v) is 15.1. The Hall–Kier alpha value is -1.95. The smallest absolute Gasteiger partial charge is 0.191 e. The quantitative estimate of drug-likeness (QED) is 0.653. The van der Waals surface area contributed by atoms with E-state index in [4.69, 9.17) is 0 Å². The first kappa shape index (κ1) is 17.4. The lowest BCUT2D eigenvalue weighted by Crippen LogP contribution is -2.37. The molecule has 0 atom stereocenters. The highest BCUT2D eigenvalue weighted by atomic mass is 32.1. The van der Waals surface area contributed by atoms with Gasteiger partial charge in [-0.3, -0.25) is 9.98 Å². The standard InChI is InChI=1S/C17H25N5S/c1-17(2,3)14-12-23-15(22-14)11-21-16(18-4)20-10-8-13-7-5-6-9-19-13/h5-7,9,12H,8,10-11H2,1-4H3,(H2,18,20,21). The fourth-order valence-electron chi connectivity index (χ4n) is 1.97. The van der Waals surface area contributed by atoms with Crippen molar-refractivity contribution in [3.8, 4) is 0 Å². The van der Waals surface area contributed by atoms with E-state index in [1.54, 1.807) is 18.4 Å². The molecule has 0 radical (unpaired) electrons. The molecule has 0 aromatic carbocycles. The SMILES string of the molecule is CN=C(NCCc1ccccn1)NCc1nc(C(C)(C)C)cs1. The largest absolute Gasteiger partial charge is 0.356 e. The average Bonchev–Trinajstić information content (AvgIpc) is 3.01. The van der Waals surface area contributed by atoms with Crippen LogP contribution in [0.3, 0.4) is 0 Å². The average molecular weight is 331 g/mol. The summed E-state index contributed by atoms with van der Waals surface area (Å²) in [4.78, 5) is 13.2. The number of aromatic nitrogens is 2. The Morgan fingerprint density at radius 1 is 1.26 bits per heavy atom. The van der Waals surface area contributed by atoms with E-state index in [0.717, 1.165) is 35.3 Å². The molecule has 2 N–H and O–H groups in total. The van der Waals surface area contributed by atoms with Gasteiger partial charge in [-0.2, -0.15) is 0 Å². The summed E-state index contributed by atoms with van der Waals surface area (Å²) in [7, 11) is 1.78. The third-order valence-electron chi connectivity index (χ3n) is 3.35. The monoisotopic (exact) mass is 331 g/mol. The van der Waals surface area contributed by atoms with Gasteiger partial charge in [0.05, 0.1) is 12.2 Å². The normalized spacial score (nSPS) is 12.3. The second kappa shape index (κ2) is 8.06. The number of nitrogens with zero attached hydrogens (tertiary/aromatic N) is 3. The molecule has 23 heavy (non-hydrogen) atoms. The van der Waals surface area contributed by atoms with Crippen LogP contribution in [0.1, 0.15) is 37.2 Å². The summed E-state index contributed by atoms with van der Waals surface area (Å²) in [6.07, 6.45) is 2.69. The maximum atomic E-state index is 4.68. The molecule has 0 saturated heterocycles. The molecule has 0 saturated carbocycles. The van der Waals surface area contributed by atoms with E-state index in [9.17, 15) is 0 Å². The summed E-state index contributed by atoms with van der Waals surface area (Å²) in [5.74, 6) is 0.786. The van der Waals surface area contributed by atoms with Gasteiger partial charge in [-0.1, -0.05) is 26.8 Å². The van der Waals surface area contributed by atoms with Gasteiger partial charge in [0.25, 0.3) is 0 Å². The molecule has 0 aliphatic heterocycles. The van der Waals surface area contributed by atoms with Crippen LogP contribution in [0.2, 0.25) is 0 Å². The van der Waals surface area contributed by atoms with Crippen molar-refractivity contribution < 1.29 is 0 Å². The van der Waals surface area contributed by atoms with Gasteiger partial charge in [0.2, 0.25) is 0 Å². The summed E-state index contributed by atoms with van der Waals surface area (Å²) in [5, 5.41) is 9.81. The lowest BCUT2D eigenvalue weighted by Gasteiger charge is -2.14. The Balaban J connectivity index is 1.78. The zero-order chi connectivity index (χ0) is 16.7. The van der Waals surface area contributed by atoms with Gasteiger partial charge < -0.3 is 10.6 Å². The number of nitrogens with one attached hydrogen (secondary N) is 2. The van der Waals surface area contributed by atoms with Crippen molar-refractivity contribution in [2.45, 2.75) is 39.2 Å². The number of guanidine groups is 1. The molecule has 0 bridgehead atoms. The van der Waals surface area contributed by atoms with E-state index in [0.29, 0.717) is 6.54 Å². The lowest BCUT2D eigenvalue weighted by atomic mass is 9.93. The first-order chi connectivity index (χ1) is 11.0. The summed E-state index contributed by atoms with van der Waals surface area (Å²) in [5.41, 5.74) is 2.31. The molecule has 6 heteroatoms. The van der Waals surface area contributed by atoms with Crippen LogP contribution in [0.25, 0.3) is 0 Å². The third-order valence-corrected chi connectivity index (χ3v) is 4.20. The minimum atomic E-state index is 0.0946. The number of thiazole rings is 1. The van der Waals surface area contributed by atoms with Crippen molar-refractivity contribution in [2.24, 2.45) is 4.99 Å². The maximum absolute atomic E-state index is 4.68. The van der Waals surface area contributed by atoms with Crippen LogP contribution in [0.5, 0.6) is 0 Å². The number of hydrogen-bond donors (Lipinski definition) is 2. The van der Waals surface area contributed by atoms with Gasteiger partial charge in [0, 0.05) is 42.7 Å². The van der Waals surface area contributed by atoms with Gasteiger partial charge in [-0.15, -0.1) is 11.3 Å². The van der Waals surface area contributed by atoms with Crippen LogP contribution >= 0.6 is 11.3 Å². The van der Waals surface area contributed by atoms with Gasteiger partial charge in [-0.25, -0.2) is 4.98 Å². The van der Waals surface area contributed by atoms with Crippen molar-refractivity contribution in [1.29, 1.82) is 0 Å². The predicted molar refractivity (Wildman–Crippen MR) is 97.0 cm³/mol. The first-order valence-electron chi connectivity index (χ1n) is 7.78. The van der Waals surface area contributed by atoms with E-state index in [1.165, 1.54) is 0 Å². The third kappa shape index (κ3) is 5.63. The molecule has 2 heterocycles. The topological polar surface area (TPSA) is 62.2 Å². The Morgan fingerprint density at radius 2 is 2.09 bits per heavy atom. The van der Waals surface area contributed by atoms with Crippen molar-refractivity contribution in [3.05, 3.63) is 46.2 Å². The van der Waals surface area contributed by atoms with Gasteiger partial charge in [-0.05, 0) is 12.1 Å². The van der Waals surface area contributed by atoms with Gasteiger partial charge in [0.1, 0.15) is 5.01 Å². The molecule has 2 rings (SSSR count). The van der Waals surface area contributed by atoms with Crippen LogP contribution in [0.4, 0.5) is 0 Å². The van der Waals surface area contributed by atoms with Crippen LogP contribution < -0.4 is 10.6 Å². The maximum Gasteiger partial charge on any atom is 0.191 e. The van der Waals surface area contributed by atoms with E-state index in [1.807, 2.05) is 24.4 Å². The Bertz CT molecular complexity index is 628. The highest BCUT2D eigenvalue weighted by molar-refractivity contribution is 7.09. The minimum Gasteiger partial charge on any atom is -0.356 e. The molecule has 5 nitrogen and oxygen atoms in total. The summed E-state index contributed by atoms with van der Waals surface area (Å²) in [6.45, 7) is 8.01. The highest BCUT2D eigenvalue weighted by Gasteiger charge is 2.17. The van der Waals surface area contributed by atoms with E-state index >= 15 is 0 Å². The molecule has 2 aromatic heterocycles. The lowest BCUT2D eigenvalue weighted by molar-refractivity contribution is 0.570. The van der Waals surface area contributed by atoms with Crippen LogP contribution in [-0.4, -0.2) is 29.5 Å². The van der Waals surface area contributed by atoms with Crippen molar-refractivity contribution >= 4 is 17.3 Å². The second-order valence-corrected chi connectivity index (χ2v) is 7.24. The molecular weight excluding hydrogens is 306 g/mol. The van der Waals surface area contributed by atoms with E-state index < -0.39 is 0 Å². The Morgan fingerprint density at radius 3 is 2.70 bits per heavy atom. The number of rotatable bonds is 5. The molecular formula is C17H25N5S. The molecule has 0 aliphatic rings. The molecule has 124 valence electrons. The Labute approximate surface area is 142 Å². The van der Waals surface area contributed by atoms with E-state index in [-0.39, 0.29) is 5.41 Å². The first-order valence-corrected chi connectivity index (χ1v) is 8.66. The molecule has 0 spiro atoms. The van der Waals surface area contributed by atoms with Crippen LogP contribution in [-0.2, 0) is 18.4 Å². The molecule has 0 fully saturated rings. The molecule has 0 unspecified atom stereocenters. The summed E-state index contributed by atoms with van der Waals surface area (Å²) in [6, 6.07) is 5.96. The molecule has 0 aliphatic carbocycles. The fraction of sp³-hybridized carbons (Fsp3) is 0.471. The Kier molecular flexibility index (Phi) is 6.10. The zero-order valence-electron chi connectivity index (χ0n) is 14.3. The summed E-state index contributed by atoms with van der Waals surface area (Å²) >= 11 is 1.68. The van der Waals surface area contributed by atoms with Crippen molar-refractivity contribution in [3.63, 3.8) is 0 Å². The van der Waals surface area contributed by atoms with Gasteiger partial charge in [0.15, 0.2) is 5.96 Å². The number of pyridine rings is 1. The van der Waals surface area contributed by atoms with Crippen molar-refractivity contribution in [2.75, 3.05) is 13.6 Å². The molecule has 2 aromatic rings. The van der Waals surface area contributed by atoms with Crippen molar-refractivity contribution in [1.82, 2.24) is 20.6 Å². The van der Waals surface area contributed by atoms with E-state index in [2.05, 4.69) is 51.7 Å². The van der Waals surface area contributed by atoms with Crippen LogP contribution in [0, 0.1) is 0 Å². The van der Waals surface area contributed by atoms with Crippen LogP contribution in [0.15, 0.2) is 34.8 Å². The highest BCUT2D eigenvalue weighted by Crippen LogP contribution is 2.23. The molecule has 0 amide bonds. The summed E-state index contributed by atoms with van der Waals surface area (Å²) < 4.78 is 0. The number of aliphatic imine (C=N–C) groups is 1. The minimum absolute atomic E-state index is 0.0946. The number of hydrogen-bond acceptors (Lipinski definition) is 4.